The molecule has 0 atom stereocenters. The van der Waals surface area contributed by atoms with Crippen LogP contribution in [0.25, 0.3) is 10.2 Å². The first-order chi connectivity index (χ1) is 14.7. The number of rotatable bonds is 7. The first-order valence-electron chi connectivity index (χ1n) is 10.4. The fourth-order valence-corrected chi connectivity index (χ4v) is 5.98. The quantitative estimate of drug-likeness (QED) is 0.524. The van der Waals surface area contributed by atoms with Gasteiger partial charge in [-0.25, -0.2) is 18.4 Å². The second-order valence-electron chi connectivity index (χ2n) is 8.03. The summed E-state index contributed by atoms with van der Waals surface area (Å²) in [6.45, 7) is 7.49. The Kier molecular flexibility index (Phi) is 5.74. The molecule has 1 fully saturated rings. The summed E-state index contributed by atoms with van der Waals surface area (Å²) in [5, 5.41) is 3.89. The maximum atomic E-state index is 13.1. The van der Waals surface area contributed by atoms with Gasteiger partial charge in [0, 0.05) is 17.0 Å². The maximum Gasteiger partial charge on any atom is 0.266 e. The van der Waals surface area contributed by atoms with E-state index in [0.29, 0.717) is 34.2 Å². The number of aromatic nitrogens is 2. The molecule has 2 aromatic heterocycles. The topological polar surface area (TPSA) is 101 Å². The minimum atomic E-state index is -3.42. The molecule has 0 saturated heterocycles. The Hall–Kier alpha value is -2.52. The van der Waals surface area contributed by atoms with E-state index in [1.807, 2.05) is 20.8 Å². The van der Waals surface area contributed by atoms with Crippen LogP contribution in [0.3, 0.4) is 0 Å². The van der Waals surface area contributed by atoms with Crippen molar-refractivity contribution in [2.45, 2.75) is 52.9 Å². The Labute approximate surface area is 186 Å². The third-order valence-corrected chi connectivity index (χ3v) is 8.12. The monoisotopic (exact) mass is 458 g/mol. The zero-order valence-electron chi connectivity index (χ0n) is 18.1. The molecule has 1 aliphatic carbocycles. The van der Waals surface area contributed by atoms with Crippen molar-refractivity contribution in [2.75, 3.05) is 15.8 Å². The smallest absolute Gasteiger partial charge is 0.266 e. The number of nitrogens with zero attached hydrogens (tertiary/aromatic N) is 2. The van der Waals surface area contributed by atoms with Crippen LogP contribution in [0.15, 0.2) is 18.2 Å². The minimum Gasteiger partial charge on any atom is -0.321 e. The molecule has 1 saturated carbocycles. The van der Waals surface area contributed by atoms with E-state index in [0.717, 1.165) is 40.1 Å². The second-order valence-corrected chi connectivity index (χ2v) is 10.9. The lowest BCUT2D eigenvalue weighted by molar-refractivity contribution is 0.103. The van der Waals surface area contributed by atoms with Crippen molar-refractivity contribution in [2.24, 2.45) is 0 Å². The van der Waals surface area contributed by atoms with Crippen LogP contribution in [0.2, 0.25) is 0 Å². The second kappa shape index (κ2) is 8.20. The van der Waals surface area contributed by atoms with Gasteiger partial charge in [-0.1, -0.05) is 13.0 Å². The summed E-state index contributed by atoms with van der Waals surface area (Å²) in [5.74, 6) is 1.14. The van der Waals surface area contributed by atoms with Gasteiger partial charge in [-0.05, 0) is 63.3 Å². The molecule has 1 aliphatic rings. The standard InChI is InChI=1S/C22H26N4O3S2/c1-5-11-31(28,29)26-17-8-6-7-16(12(17)2)24-21(27)19-13(3)18-14(4)23-20(15-9-10-15)25-22(18)30-19/h6-8,15,26H,5,9-11H2,1-4H3,(H,24,27). The highest BCUT2D eigenvalue weighted by atomic mass is 32.2. The van der Waals surface area contributed by atoms with Gasteiger partial charge in [-0.3, -0.25) is 9.52 Å². The van der Waals surface area contributed by atoms with E-state index in [9.17, 15) is 13.2 Å². The van der Waals surface area contributed by atoms with E-state index in [-0.39, 0.29) is 11.7 Å². The molecule has 2 N–H and O–H groups in total. The van der Waals surface area contributed by atoms with Crippen molar-refractivity contribution < 1.29 is 13.2 Å². The normalized spacial score (nSPS) is 14.1. The average Bonchev–Trinajstić information content (AvgIpc) is 3.48. The van der Waals surface area contributed by atoms with E-state index in [1.54, 1.807) is 25.1 Å². The third-order valence-electron chi connectivity index (χ3n) is 5.46. The molecule has 0 aliphatic heterocycles. The van der Waals surface area contributed by atoms with Crippen molar-refractivity contribution in [1.29, 1.82) is 0 Å². The predicted molar refractivity (Wildman–Crippen MR) is 126 cm³/mol. The predicted octanol–water partition coefficient (Wildman–Crippen LogP) is 4.90. The van der Waals surface area contributed by atoms with Crippen molar-refractivity contribution in [3.8, 4) is 0 Å². The number of thiophene rings is 1. The Morgan fingerprint density at radius 3 is 2.52 bits per heavy atom. The summed E-state index contributed by atoms with van der Waals surface area (Å²) in [5.41, 5.74) is 3.48. The van der Waals surface area contributed by atoms with Crippen molar-refractivity contribution >= 4 is 48.9 Å². The first-order valence-corrected chi connectivity index (χ1v) is 12.9. The summed E-state index contributed by atoms with van der Waals surface area (Å²) in [4.78, 5) is 23.9. The third kappa shape index (κ3) is 4.43. The van der Waals surface area contributed by atoms with E-state index in [4.69, 9.17) is 4.98 Å². The number of carbonyl (C=O) groups excluding carboxylic acids is 1. The van der Waals surface area contributed by atoms with E-state index in [1.165, 1.54) is 11.3 Å². The number of fused-ring (bicyclic) bond motifs is 1. The van der Waals surface area contributed by atoms with Crippen LogP contribution in [0.4, 0.5) is 11.4 Å². The summed E-state index contributed by atoms with van der Waals surface area (Å²) >= 11 is 1.38. The highest BCUT2D eigenvalue weighted by molar-refractivity contribution is 7.92. The number of benzene rings is 1. The Balaban J connectivity index is 1.63. The summed E-state index contributed by atoms with van der Waals surface area (Å²) in [6, 6.07) is 5.19. The Morgan fingerprint density at radius 2 is 1.84 bits per heavy atom. The molecular formula is C22H26N4O3S2. The summed E-state index contributed by atoms with van der Waals surface area (Å²) < 4.78 is 26.9. The molecule has 0 radical (unpaired) electrons. The van der Waals surface area contributed by atoms with Gasteiger partial charge >= 0.3 is 0 Å². The number of sulfonamides is 1. The number of aryl methyl sites for hydroxylation is 2. The van der Waals surface area contributed by atoms with Crippen LogP contribution in [0, 0.1) is 20.8 Å². The van der Waals surface area contributed by atoms with Gasteiger partial charge in [-0.2, -0.15) is 0 Å². The van der Waals surface area contributed by atoms with Crippen molar-refractivity contribution in [3.05, 3.63) is 45.7 Å². The molecule has 2 heterocycles. The summed E-state index contributed by atoms with van der Waals surface area (Å²) in [6.07, 6.45) is 2.78. The largest absolute Gasteiger partial charge is 0.321 e. The molecule has 4 rings (SSSR count). The molecular weight excluding hydrogens is 432 g/mol. The fourth-order valence-electron chi connectivity index (χ4n) is 3.65. The van der Waals surface area contributed by atoms with Gasteiger partial charge in [0.15, 0.2) is 0 Å². The highest BCUT2D eigenvalue weighted by Gasteiger charge is 2.28. The first kappa shape index (κ1) is 21.7. The number of hydrogen-bond donors (Lipinski definition) is 2. The zero-order valence-corrected chi connectivity index (χ0v) is 19.7. The lowest BCUT2D eigenvalue weighted by Crippen LogP contribution is -2.18. The zero-order chi connectivity index (χ0) is 22.3. The van der Waals surface area contributed by atoms with Crippen molar-refractivity contribution in [1.82, 2.24) is 9.97 Å². The lowest BCUT2D eigenvalue weighted by Gasteiger charge is -2.14. The average molecular weight is 459 g/mol. The molecule has 0 spiro atoms. The van der Waals surface area contributed by atoms with Crippen LogP contribution in [-0.4, -0.2) is 30.0 Å². The Bertz CT molecular complexity index is 1280. The van der Waals surface area contributed by atoms with Crippen LogP contribution in [-0.2, 0) is 10.0 Å². The van der Waals surface area contributed by atoms with Gasteiger partial charge in [0.1, 0.15) is 10.7 Å². The van der Waals surface area contributed by atoms with Gasteiger partial charge in [0.2, 0.25) is 10.0 Å². The molecule has 1 amide bonds. The van der Waals surface area contributed by atoms with E-state index in [2.05, 4.69) is 15.0 Å². The van der Waals surface area contributed by atoms with Gasteiger partial charge in [0.05, 0.1) is 22.0 Å². The molecule has 3 aromatic rings. The number of carbonyl (C=O) groups is 1. The van der Waals surface area contributed by atoms with Crippen LogP contribution < -0.4 is 10.0 Å². The molecule has 7 nitrogen and oxygen atoms in total. The lowest BCUT2D eigenvalue weighted by atomic mass is 10.1. The van der Waals surface area contributed by atoms with Crippen LogP contribution in [0.5, 0.6) is 0 Å². The minimum absolute atomic E-state index is 0.0488. The SMILES string of the molecule is CCCS(=O)(=O)Nc1cccc(NC(=O)c2sc3nc(C4CC4)nc(C)c3c2C)c1C. The molecule has 164 valence electrons. The maximum absolute atomic E-state index is 13.1. The Morgan fingerprint density at radius 1 is 1.13 bits per heavy atom. The molecule has 0 bridgehead atoms. The van der Waals surface area contributed by atoms with Gasteiger partial charge in [0.25, 0.3) is 5.91 Å². The number of nitrogens with one attached hydrogen (secondary N) is 2. The summed E-state index contributed by atoms with van der Waals surface area (Å²) in [7, 11) is -3.42. The molecule has 9 heteroatoms. The molecule has 1 aromatic carbocycles. The van der Waals surface area contributed by atoms with Crippen LogP contribution >= 0.6 is 11.3 Å². The van der Waals surface area contributed by atoms with E-state index < -0.39 is 10.0 Å². The fraction of sp³-hybridized carbons (Fsp3) is 0.409. The number of amides is 1. The highest BCUT2D eigenvalue weighted by Crippen LogP contribution is 2.40. The molecule has 31 heavy (non-hydrogen) atoms. The number of hydrogen-bond acceptors (Lipinski definition) is 6. The van der Waals surface area contributed by atoms with Gasteiger partial charge in [-0.15, -0.1) is 11.3 Å². The molecule has 0 unspecified atom stereocenters. The van der Waals surface area contributed by atoms with Gasteiger partial charge < -0.3 is 5.32 Å². The van der Waals surface area contributed by atoms with Crippen LogP contribution in [0.1, 0.15) is 64.4 Å². The van der Waals surface area contributed by atoms with Crippen molar-refractivity contribution in [3.63, 3.8) is 0 Å². The van der Waals surface area contributed by atoms with E-state index >= 15 is 0 Å². The number of anilines is 2.